The van der Waals surface area contributed by atoms with Gasteiger partial charge in [0.2, 0.25) is 0 Å². The highest BCUT2D eigenvalue weighted by Gasteiger charge is 2.04. The number of hydrogen-bond acceptors (Lipinski definition) is 3. The lowest BCUT2D eigenvalue weighted by Gasteiger charge is -2.14. The zero-order valence-electron chi connectivity index (χ0n) is 10.8. The van der Waals surface area contributed by atoms with Crippen molar-refractivity contribution in [2.75, 3.05) is 40.0 Å². The molecule has 0 aromatic carbocycles. The lowest BCUT2D eigenvalue weighted by atomic mass is 10.00. The summed E-state index contributed by atoms with van der Waals surface area (Å²) < 4.78 is 10.3. The molecule has 3 heteroatoms. The summed E-state index contributed by atoms with van der Waals surface area (Å²) in [5.74, 6) is 0.724. The van der Waals surface area contributed by atoms with Gasteiger partial charge < -0.3 is 14.8 Å². The number of ether oxygens (including phenoxy) is 2. The first-order chi connectivity index (χ1) is 7.85. The summed E-state index contributed by atoms with van der Waals surface area (Å²) >= 11 is 0. The first kappa shape index (κ1) is 15.6. The van der Waals surface area contributed by atoms with Crippen LogP contribution in [0, 0.1) is 5.92 Å². The minimum Gasteiger partial charge on any atom is -0.382 e. The second-order valence-corrected chi connectivity index (χ2v) is 3.99. The predicted octanol–water partition coefficient (Wildman–Crippen LogP) is 2.23. The van der Waals surface area contributed by atoms with Crippen LogP contribution < -0.4 is 5.32 Å². The Morgan fingerprint density at radius 1 is 1.31 bits per heavy atom. The Morgan fingerprint density at radius 2 is 2.12 bits per heavy atom. The van der Waals surface area contributed by atoms with Gasteiger partial charge >= 0.3 is 0 Å². The summed E-state index contributed by atoms with van der Waals surface area (Å²) in [6.07, 6.45) is 5.62. The molecule has 16 heavy (non-hydrogen) atoms. The highest BCUT2D eigenvalue weighted by Crippen LogP contribution is 2.09. The highest BCUT2D eigenvalue weighted by atomic mass is 16.5. The molecular formula is C13H27NO2. The van der Waals surface area contributed by atoms with Gasteiger partial charge in [0.1, 0.15) is 0 Å². The molecule has 96 valence electrons. The van der Waals surface area contributed by atoms with E-state index in [1.165, 1.54) is 12.8 Å². The summed E-state index contributed by atoms with van der Waals surface area (Å²) in [4.78, 5) is 0. The molecule has 0 aromatic rings. The molecule has 0 aliphatic heterocycles. The first-order valence-corrected chi connectivity index (χ1v) is 6.23. The van der Waals surface area contributed by atoms with Crippen molar-refractivity contribution >= 4 is 0 Å². The van der Waals surface area contributed by atoms with E-state index in [-0.39, 0.29) is 0 Å². The van der Waals surface area contributed by atoms with E-state index in [0.29, 0.717) is 13.2 Å². The van der Waals surface area contributed by atoms with E-state index in [4.69, 9.17) is 9.47 Å². The summed E-state index contributed by atoms with van der Waals surface area (Å²) in [7, 11) is 1.69. The highest BCUT2D eigenvalue weighted by molar-refractivity contribution is 4.74. The van der Waals surface area contributed by atoms with E-state index in [2.05, 4.69) is 18.8 Å². The Kier molecular flexibility index (Phi) is 12.4. The van der Waals surface area contributed by atoms with Gasteiger partial charge in [0, 0.05) is 13.7 Å². The second kappa shape index (κ2) is 12.7. The van der Waals surface area contributed by atoms with Crippen molar-refractivity contribution in [1.82, 2.24) is 5.32 Å². The maximum Gasteiger partial charge on any atom is 0.0700 e. The molecule has 0 aromatic heterocycles. The van der Waals surface area contributed by atoms with Gasteiger partial charge in [-0.25, -0.2) is 0 Å². The van der Waals surface area contributed by atoms with Crippen LogP contribution in [0.3, 0.4) is 0 Å². The van der Waals surface area contributed by atoms with Gasteiger partial charge in [-0.1, -0.05) is 19.4 Å². The van der Waals surface area contributed by atoms with Crippen LogP contribution >= 0.6 is 0 Å². The molecule has 0 aliphatic rings. The fraction of sp³-hybridized carbons (Fsp3) is 0.846. The summed E-state index contributed by atoms with van der Waals surface area (Å²) in [5.41, 5.74) is 0. The van der Waals surface area contributed by atoms with Crippen LogP contribution in [-0.2, 0) is 9.47 Å². The SMILES string of the molecule is C=CCC(CCC)CNCCOCCOC. The molecule has 1 N–H and O–H groups in total. The summed E-state index contributed by atoms with van der Waals surface area (Å²) in [5, 5.41) is 3.42. The fourth-order valence-electron chi connectivity index (χ4n) is 1.64. The molecule has 0 aliphatic carbocycles. The van der Waals surface area contributed by atoms with Gasteiger partial charge in [0.25, 0.3) is 0 Å². The average molecular weight is 229 g/mol. The van der Waals surface area contributed by atoms with Crippen molar-refractivity contribution < 1.29 is 9.47 Å². The van der Waals surface area contributed by atoms with Crippen LogP contribution in [0.25, 0.3) is 0 Å². The molecule has 3 nitrogen and oxygen atoms in total. The molecule has 0 bridgehead atoms. The Labute approximate surface area is 100 Å². The van der Waals surface area contributed by atoms with Crippen LogP contribution in [0.2, 0.25) is 0 Å². The van der Waals surface area contributed by atoms with Crippen LogP contribution in [0.4, 0.5) is 0 Å². The topological polar surface area (TPSA) is 30.5 Å². The van der Waals surface area contributed by atoms with Crippen molar-refractivity contribution in [1.29, 1.82) is 0 Å². The van der Waals surface area contributed by atoms with Crippen molar-refractivity contribution in [2.45, 2.75) is 26.2 Å². The second-order valence-electron chi connectivity index (χ2n) is 3.99. The Balaban J connectivity index is 3.29. The maximum atomic E-state index is 5.37. The number of rotatable bonds is 12. The molecular weight excluding hydrogens is 202 g/mol. The van der Waals surface area contributed by atoms with Crippen LogP contribution in [0.15, 0.2) is 12.7 Å². The Bertz CT molecular complexity index is 151. The third-order valence-corrected chi connectivity index (χ3v) is 2.48. The normalized spacial score (nSPS) is 12.6. The van der Waals surface area contributed by atoms with E-state index < -0.39 is 0 Å². The number of hydrogen-bond donors (Lipinski definition) is 1. The largest absolute Gasteiger partial charge is 0.382 e. The monoisotopic (exact) mass is 229 g/mol. The third kappa shape index (κ3) is 10.1. The molecule has 0 amide bonds. The van der Waals surface area contributed by atoms with E-state index in [0.717, 1.165) is 32.0 Å². The molecule has 0 rings (SSSR count). The quantitative estimate of drug-likeness (QED) is 0.411. The Hall–Kier alpha value is -0.380. The average Bonchev–Trinajstić information content (AvgIpc) is 2.28. The zero-order valence-corrected chi connectivity index (χ0v) is 10.8. The smallest absolute Gasteiger partial charge is 0.0700 e. The van der Waals surface area contributed by atoms with Gasteiger partial charge in [0.05, 0.1) is 19.8 Å². The lowest BCUT2D eigenvalue weighted by molar-refractivity contribution is 0.0717. The van der Waals surface area contributed by atoms with Crippen molar-refractivity contribution in [3.63, 3.8) is 0 Å². The molecule has 0 spiro atoms. The molecule has 0 saturated carbocycles. The third-order valence-electron chi connectivity index (χ3n) is 2.48. The molecule has 0 radical (unpaired) electrons. The minimum absolute atomic E-state index is 0.676. The zero-order chi connectivity index (χ0) is 12.1. The van der Waals surface area contributed by atoms with Crippen LogP contribution in [0.1, 0.15) is 26.2 Å². The van der Waals surface area contributed by atoms with Gasteiger partial charge in [0.15, 0.2) is 0 Å². The van der Waals surface area contributed by atoms with E-state index in [1.54, 1.807) is 7.11 Å². The van der Waals surface area contributed by atoms with Crippen LogP contribution in [-0.4, -0.2) is 40.0 Å². The number of methoxy groups -OCH3 is 1. The number of allylic oxidation sites excluding steroid dienone is 1. The van der Waals surface area contributed by atoms with Gasteiger partial charge in [-0.2, -0.15) is 0 Å². The van der Waals surface area contributed by atoms with Gasteiger partial charge in [-0.05, 0) is 25.3 Å². The lowest BCUT2D eigenvalue weighted by Crippen LogP contribution is -2.26. The van der Waals surface area contributed by atoms with Gasteiger partial charge in [-0.3, -0.25) is 0 Å². The summed E-state index contributed by atoms with van der Waals surface area (Å²) in [6.45, 7) is 10.1. The molecule has 0 heterocycles. The van der Waals surface area contributed by atoms with Crippen molar-refractivity contribution in [3.8, 4) is 0 Å². The van der Waals surface area contributed by atoms with Gasteiger partial charge in [-0.15, -0.1) is 6.58 Å². The Morgan fingerprint density at radius 3 is 2.75 bits per heavy atom. The fourth-order valence-corrected chi connectivity index (χ4v) is 1.64. The summed E-state index contributed by atoms with van der Waals surface area (Å²) in [6, 6.07) is 0. The van der Waals surface area contributed by atoms with Crippen molar-refractivity contribution in [2.24, 2.45) is 5.92 Å². The first-order valence-electron chi connectivity index (χ1n) is 6.23. The maximum absolute atomic E-state index is 5.37. The number of nitrogens with one attached hydrogen (secondary N) is 1. The van der Waals surface area contributed by atoms with E-state index >= 15 is 0 Å². The standard InChI is InChI=1S/C13H27NO2/c1-4-6-13(7-5-2)12-14-8-9-16-11-10-15-3/h4,13-14H,1,5-12H2,2-3H3. The molecule has 0 fully saturated rings. The molecule has 0 saturated heterocycles. The minimum atomic E-state index is 0.676. The molecule has 1 unspecified atom stereocenters. The van der Waals surface area contributed by atoms with Crippen molar-refractivity contribution in [3.05, 3.63) is 12.7 Å². The van der Waals surface area contributed by atoms with E-state index in [1.807, 2.05) is 6.08 Å². The van der Waals surface area contributed by atoms with Crippen LogP contribution in [0.5, 0.6) is 0 Å². The van der Waals surface area contributed by atoms with E-state index in [9.17, 15) is 0 Å². The predicted molar refractivity (Wildman–Crippen MR) is 68.8 cm³/mol. The molecule has 1 atom stereocenters.